The lowest BCUT2D eigenvalue weighted by atomic mass is 10.0. The van der Waals surface area contributed by atoms with Crippen LogP contribution in [0.25, 0.3) is 5.57 Å². The summed E-state index contributed by atoms with van der Waals surface area (Å²) in [5.41, 5.74) is 4.06. The molecule has 0 saturated heterocycles. The Morgan fingerprint density at radius 2 is 1.83 bits per heavy atom. The fourth-order valence-electron chi connectivity index (χ4n) is 1.17. The zero-order chi connectivity index (χ0) is 8.27. The van der Waals surface area contributed by atoms with E-state index in [1.807, 2.05) is 0 Å². The van der Waals surface area contributed by atoms with Gasteiger partial charge in [0, 0.05) is 0 Å². The predicted octanol–water partition coefficient (Wildman–Crippen LogP) is 4.05. The monoisotopic (exact) mass is 162 g/mol. The molecule has 66 valence electrons. The summed E-state index contributed by atoms with van der Waals surface area (Å²) in [5.74, 6) is 0. The molecule has 1 aromatic rings. The topological polar surface area (TPSA) is 0 Å². The molecule has 1 rings (SSSR count). The Balaban J connectivity index is 0.00000121. The molecular weight excluding hydrogens is 144 g/mol. The maximum absolute atomic E-state index is 2.16. The van der Waals surface area contributed by atoms with Gasteiger partial charge in [-0.25, -0.2) is 0 Å². The van der Waals surface area contributed by atoms with Gasteiger partial charge in [-0.2, -0.15) is 0 Å². The van der Waals surface area contributed by atoms with Gasteiger partial charge in [0.1, 0.15) is 0 Å². The van der Waals surface area contributed by atoms with Gasteiger partial charge in [0.2, 0.25) is 0 Å². The Hall–Kier alpha value is -1.04. The van der Waals surface area contributed by atoms with Crippen molar-refractivity contribution < 1.29 is 0 Å². The highest BCUT2D eigenvalue weighted by molar-refractivity contribution is 5.65. The zero-order valence-corrected chi connectivity index (χ0v) is 7.39. The molecule has 0 aromatic heterocycles. The predicted molar refractivity (Wildman–Crippen MR) is 57.2 cm³/mol. The minimum atomic E-state index is 0. The lowest BCUT2D eigenvalue weighted by Crippen LogP contribution is -1.83. The van der Waals surface area contributed by atoms with Crippen LogP contribution in [0.2, 0.25) is 0 Å². The molecule has 0 unspecified atom stereocenters. The van der Waals surface area contributed by atoms with Gasteiger partial charge >= 0.3 is 0 Å². The van der Waals surface area contributed by atoms with Crippen LogP contribution in [0.5, 0.6) is 0 Å². The molecule has 0 aliphatic heterocycles. The van der Waals surface area contributed by atoms with Gasteiger partial charge in [0.05, 0.1) is 0 Å². The summed E-state index contributed by atoms with van der Waals surface area (Å²) >= 11 is 0. The van der Waals surface area contributed by atoms with Crippen molar-refractivity contribution in [3.8, 4) is 0 Å². The summed E-state index contributed by atoms with van der Waals surface area (Å²) in [7, 11) is 0. The van der Waals surface area contributed by atoms with Crippen LogP contribution >= 0.6 is 0 Å². The van der Waals surface area contributed by atoms with Gasteiger partial charge in [-0.15, -0.1) is 0 Å². The molecule has 12 heavy (non-hydrogen) atoms. The molecule has 0 amide bonds. The van der Waals surface area contributed by atoms with Gasteiger partial charge in [-0.3, -0.25) is 0 Å². The summed E-state index contributed by atoms with van der Waals surface area (Å²) in [4.78, 5) is 0. The van der Waals surface area contributed by atoms with Crippen LogP contribution in [-0.2, 0) is 0 Å². The number of aryl methyl sites for hydroxylation is 1. The van der Waals surface area contributed by atoms with E-state index in [0.717, 1.165) is 0 Å². The van der Waals surface area contributed by atoms with Crippen molar-refractivity contribution >= 4 is 5.57 Å². The van der Waals surface area contributed by atoms with E-state index in [1.165, 1.54) is 16.7 Å². The highest BCUT2D eigenvalue weighted by atomic mass is 14.0. The Bertz CT molecular complexity index is 269. The second kappa shape index (κ2) is 4.76. The minimum Gasteiger partial charge on any atom is -0.0841 e. The van der Waals surface area contributed by atoms with Crippen LogP contribution < -0.4 is 0 Å². The van der Waals surface area contributed by atoms with Crippen LogP contribution in [0, 0.1) is 6.92 Å². The third-order valence-corrected chi connectivity index (χ3v) is 2.00. The van der Waals surface area contributed by atoms with E-state index in [1.54, 1.807) is 0 Å². The molecule has 0 aliphatic carbocycles. The average Bonchev–Trinajstić information content (AvgIpc) is 2.04. The van der Waals surface area contributed by atoms with E-state index < -0.39 is 0 Å². The molecule has 0 aliphatic rings. The largest absolute Gasteiger partial charge is 0.0841 e. The third-order valence-electron chi connectivity index (χ3n) is 2.00. The summed E-state index contributed by atoms with van der Waals surface area (Å²) in [6.45, 7) is 6.35. The second-order valence-corrected chi connectivity index (χ2v) is 2.79. The van der Waals surface area contributed by atoms with Gasteiger partial charge in [-0.05, 0) is 37.5 Å². The SMILES string of the molecule is C.C/C=C(/C)c1ccccc1C. The first-order valence-electron chi connectivity index (χ1n) is 3.94. The zero-order valence-electron chi connectivity index (χ0n) is 7.39. The summed E-state index contributed by atoms with van der Waals surface area (Å²) < 4.78 is 0. The summed E-state index contributed by atoms with van der Waals surface area (Å²) in [6.07, 6.45) is 2.14. The van der Waals surface area contributed by atoms with E-state index in [0.29, 0.717) is 0 Å². The molecule has 0 heterocycles. The first kappa shape index (κ1) is 11.0. The molecule has 0 spiro atoms. The lowest BCUT2D eigenvalue weighted by Gasteiger charge is -2.03. The fraction of sp³-hybridized carbons (Fsp3) is 0.333. The molecule has 0 bridgehead atoms. The first-order valence-corrected chi connectivity index (χ1v) is 3.94. The summed E-state index contributed by atoms with van der Waals surface area (Å²) in [5, 5.41) is 0. The Morgan fingerprint density at radius 1 is 1.25 bits per heavy atom. The van der Waals surface area contributed by atoms with E-state index in [9.17, 15) is 0 Å². The average molecular weight is 162 g/mol. The Kier molecular flexibility index (Phi) is 4.35. The van der Waals surface area contributed by atoms with E-state index in [4.69, 9.17) is 0 Å². The number of allylic oxidation sites excluding steroid dienone is 2. The number of benzene rings is 1. The molecule has 0 nitrogen and oxygen atoms in total. The third kappa shape index (κ3) is 2.23. The molecule has 1 aromatic carbocycles. The molecule has 0 saturated carbocycles. The maximum Gasteiger partial charge on any atom is -0.0201 e. The van der Waals surface area contributed by atoms with Crippen molar-refractivity contribution in [2.45, 2.75) is 28.2 Å². The van der Waals surface area contributed by atoms with Gasteiger partial charge in [0.15, 0.2) is 0 Å². The van der Waals surface area contributed by atoms with Crippen LogP contribution in [0.1, 0.15) is 32.4 Å². The maximum atomic E-state index is 2.16. The molecule has 0 atom stereocenters. The summed E-state index contributed by atoms with van der Waals surface area (Å²) in [6, 6.07) is 8.45. The quantitative estimate of drug-likeness (QED) is 0.584. The van der Waals surface area contributed by atoms with Crippen molar-refractivity contribution in [2.24, 2.45) is 0 Å². The van der Waals surface area contributed by atoms with Crippen molar-refractivity contribution in [1.82, 2.24) is 0 Å². The molecule has 0 heteroatoms. The number of hydrogen-bond donors (Lipinski definition) is 0. The smallest absolute Gasteiger partial charge is 0.0201 e. The van der Waals surface area contributed by atoms with Gasteiger partial charge in [0.25, 0.3) is 0 Å². The van der Waals surface area contributed by atoms with Crippen LogP contribution in [0.4, 0.5) is 0 Å². The minimum absolute atomic E-state index is 0. The number of hydrogen-bond acceptors (Lipinski definition) is 0. The molecular formula is C12H18. The Morgan fingerprint density at radius 3 is 2.33 bits per heavy atom. The Labute approximate surface area is 75.9 Å². The standard InChI is InChI=1S/C11H14.CH4/c1-4-9(2)11-8-6-5-7-10(11)3;/h4-8H,1-3H3;1H4/b9-4-;. The normalized spacial score (nSPS) is 10.8. The van der Waals surface area contributed by atoms with Crippen molar-refractivity contribution in [1.29, 1.82) is 0 Å². The highest BCUT2D eigenvalue weighted by Gasteiger charge is 1.95. The second-order valence-electron chi connectivity index (χ2n) is 2.79. The van der Waals surface area contributed by atoms with Gasteiger partial charge < -0.3 is 0 Å². The lowest BCUT2D eigenvalue weighted by molar-refractivity contribution is 1.40. The van der Waals surface area contributed by atoms with Crippen LogP contribution in [0.15, 0.2) is 30.3 Å². The molecule has 0 N–H and O–H groups in total. The first-order chi connectivity index (χ1) is 5.25. The van der Waals surface area contributed by atoms with Crippen molar-refractivity contribution in [3.63, 3.8) is 0 Å². The van der Waals surface area contributed by atoms with Crippen molar-refractivity contribution in [3.05, 3.63) is 41.5 Å². The van der Waals surface area contributed by atoms with Crippen molar-refractivity contribution in [2.75, 3.05) is 0 Å². The fourth-order valence-corrected chi connectivity index (χ4v) is 1.17. The van der Waals surface area contributed by atoms with Crippen LogP contribution in [0.3, 0.4) is 0 Å². The molecule has 0 radical (unpaired) electrons. The number of rotatable bonds is 1. The van der Waals surface area contributed by atoms with E-state index in [-0.39, 0.29) is 7.43 Å². The molecule has 0 fully saturated rings. The highest BCUT2D eigenvalue weighted by Crippen LogP contribution is 2.16. The van der Waals surface area contributed by atoms with E-state index >= 15 is 0 Å². The van der Waals surface area contributed by atoms with Gasteiger partial charge in [-0.1, -0.05) is 37.8 Å². The van der Waals surface area contributed by atoms with E-state index in [2.05, 4.69) is 51.1 Å². The van der Waals surface area contributed by atoms with Crippen LogP contribution in [-0.4, -0.2) is 0 Å².